The van der Waals surface area contributed by atoms with Crippen LogP contribution in [0, 0.1) is 5.92 Å². The lowest BCUT2D eigenvalue weighted by molar-refractivity contribution is -0.142. The zero-order valence-corrected chi connectivity index (χ0v) is 21.9. The van der Waals surface area contributed by atoms with E-state index in [4.69, 9.17) is 0 Å². The van der Waals surface area contributed by atoms with Crippen molar-refractivity contribution in [2.24, 2.45) is 5.92 Å². The number of carboxylic acid groups (broad SMARTS) is 1. The highest BCUT2D eigenvalue weighted by atomic mass is 16.4. The van der Waals surface area contributed by atoms with Gasteiger partial charge in [0.05, 0.1) is 6.20 Å². The van der Waals surface area contributed by atoms with Crippen molar-refractivity contribution in [2.45, 2.75) is 51.2 Å². The molecule has 39 heavy (non-hydrogen) atoms. The van der Waals surface area contributed by atoms with Crippen molar-refractivity contribution >= 4 is 23.7 Å². The second-order valence-corrected chi connectivity index (χ2v) is 9.59. The third-order valence-corrected chi connectivity index (χ3v) is 5.94. The van der Waals surface area contributed by atoms with Crippen molar-refractivity contribution in [1.82, 2.24) is 25.9 Å². The van der Waals surface area contributed by atoms with Crippen LogP contribution in [-0.4, -0.2) is 56.9 Å². The normalized spacial score (nSPS) is 13.1. The summed E-state index contributed by atoms with van der Waals surface area (Å²) in [6.45, 7) is 3.72. The Hall–Kier alpha value is -4.60. The van der Waals surface area contributed by atoms with Crippen LogP contribution in [0.4, 0.5) is 0 Å². The molecule has 3 aromatic rings. The van der Waals surface area contributed by atoms with Crippen LogP contribution in [0.5, 0.6) is 0 Å². The van der Waals surface area contributed by atoms with Crippen LogP contribution in [0.3, 0.4) is 0 Å². The Morgan fingerprint density at radius 2 is 1.26 bits per heavy atom. The third kappa shape index (κ3) is 9.33. The molecule has 10 nitrogen and oxygen atoms in total. The number of amides is 3. The van der Waals surface area contributed by atoms with E-state index in [0.29, 0.717) is 0 Å². The summed E-state index contributed by atoms with van der Waals surface area (Å²) < 4.78 is 0. The highest BCUT2D eigenvalue weighted by Crippen LogP contribution is 2.10. The number of nitrogens with zero attached hydrogens (tertiary/aromatic N) is 2. The number of carboxylic acids is 1. The van der Waals surface area contributed by atoms with E-state index >= 15 is 0 Å². The molecule has 1 aromatic heterocycles. The zero-order valence-electron chi connectivity index (χ0n) is 21.9. The Bertz CT molecular complexity index is 1240. The van der Waals surface area contributed by atoms with E-state index in [9.17, 15) is 24.3 Å². The fourth-order valence-corrected chi connectivity index (χ4v) is 4.00. The monoisotopic (exact) mass is 531 g/mol. The molecule has 3 amide bonds. The predicted octanol–water partition coefficient (Wildman–Crippen LogP) is 2.16. The van der Waals surface area contributed by atoms with Crippen molar-refractivity contribution in [3.63, 3.8) is 0 Å². The average molecular weight is 532 g/mol. The molecule has 204 valence electrons. The second-order valence-electron chi connectivity index (χ2n) is 9.59. The maximum atomic E-state index is 13.6. The van der Waals surface area contributed by atoms with Gasteiger partial charge in [0, 0.05) is 25.2 Å². The molecule has 0 spiro atoms. The van der Waals surface area contributed by atoms with Gasteiger partial charge in [0.25, 0.3) is 5.91 Å². The average Bonchev–Trinajstić information content (AvgIpc) is 2.93. The molecule has 0 fully saturated rings. The van der Waals surface area contributed by atoms with Crippen LogP contribution < -0.4 is 16.0 Å². The largest absolute Gasteiger partial charge is 0.480 e. The van der Waals surface area contributed by atoms with Gasteiger partial charge in [0.1, 0.15) is 23.8 Å². The van der Waals surface area contributed by atoms with Gasteiger partial charge in [-0.3, -0.25) is 19.4 Å². The van der Waals surface area contributed by atoms with Crippen LogP contribution in [0.2, 0.25) is 0 Å². The molecular weight excluding hydrogens is 498 g/mol. The highest BCUT2D eigenvalue weighted by Gasteiger charge is 2.30. The number of nitrogens with one attached hydrogen (secondary N) is 3. The van der Waals surface area contributed by atoms with Gasteiger partial charge in [-0.05, 0) is 23.5 Å². The Morgan fingerprint density at radius 1 is 0.744 bits per heavy atom. The number of rotatable bonds is 13. The molecule has 0 saturated carbocycles. The molecule has 3 atom stereocenters. The van der Waals surface area contributed by atoms with Gasteiger partial charge in [-0.2, -0.15) is 0 Å². The smallest absolute Gasteiger partial charge is 0.326 e. The molecule has 0 aliphatic rings. The fourth-order valence-electron chi connectivity index (χ4n) is 4.00. The van der Waals surface area contributed by atoms with Gasteiger partial charge in [-0.1, -0.05) is 74.5 Å². The summed E-state index contributed by atoms with van der Waals surface area (Å²) >= 11 is 0. The Morgan fingerprint density at radius 3 is 1.72 bits per heavy atom. The predicted molar refractivity (Wildman–Crippen MR) is 145 cm³/mol. The summed E-state index contributed by atoms with van der Waals surface area (Å²) in [6.07, 6.45) is 4.61. The summed E-state index contributed by atoms with van der Waals surface area (Å²) in [5.74, 6) is -2.94. The maximum absolute atomic E-state index is 13.6. The van der Waals surface area contributed by atoms with Crippen molar-refractivity contribution in [3.8, 4) is 0 Å². The Kier molecular flexibility index (Phi) is 10.7. The van der Waals surface area contributed by atoms with Crippen LogP contribution in [0.1, 0.15) is 41.9 Å². The first-order valence-corrected chi connectivity index (χ1v) is 12.7. The molecule has 0 aliphatic heterocycles. The molecule has 0 unspecified atom stereocenters. The van der Waals surface area contributed by atoms with Gasteiger partial charge < -0.3 is 21.1 Å². The first kappa shape index (κ1) is 29.0. The molecular formula is C29H33N5O5. The van der Waals surface area contributed by atoms with Gasteiger partial charge in [0.15, 0.2) is 0 Å². The van der Waals surface area contributed by atoms with E-state index < -0.39 is 41.8 Å². The van der Waals surface area contributed by atoms with E-state index in [1.54, 1.807) is 0 Å². The molecule has 0 radical (unpaired) electrons. The summed E-state index contributed by atoms with van der Waals surface area (Å²) in [5.41, 5.74) is 1.61. The number of aliphatic carboxylic acids is 1. The van der Waals surface area contributed by atoms with Gasteiger partial charge in [-0.25, -0.2) is 9.78 Å². The molecule has 0 aliphatic carbocycles. The lowest BCUT2D eigenvalue weighted by Gasteiger charge is -2.25. The van der Waals surface area contributed by atoms with Crippen molar-refractivity contribution in [2.75, 3.05) is 0 Å². The number of aromatic nitrogens is 2. The van der Waals surface area contributed by atoms with Crippen molar-refractivity contribution in [1.29, 1.82) is 0 Å². The minimum absolute atomic E-state index is 0.0279. The van der Waals surface area contributed by atoms with E-state index in [0.717, 1.165) is 11.1 Å². The molecule has 0 bridgehead atoms. The molecule has 3 rings (SSSR count). The molecule has 2 aromatic carbocycles. The number of hydrogen-bond donors (Lipinski definition) is 4. The lowest BCUT2D eigenvalue weighted by Crippen LogP contribution is -2.57. The SMILES string of the molecule is CC(C)C[C@H](NC(=O)[C@H](Cc1ccccc1)NC(=O)[C@H](Cc1ccccc1)NC(=O)c1cnccn1)C(=O)O. The standard InChI is InChI=1S/C29H33N5O5/c1-19(2)15-24(29(38)39)34-27(36)23(17-21-11-7-4-8-12-21)32-26(35)22(16-20-9-5-3-6-10-20)33-28(37)25-18-30-13-14-31-25/h3-14,18-19,22-24H,15-17H2,1-2H3,(H,32,35)(H,33,37)(H,34,36)(H,38,39)/t22-,23-,24-/m0/s1. The van der Waals surface area contributed by atoms with Crippen LogP contribution in [-0.2, 0) is 27.2 Å². The van der Waals surface area contributed by atoms with E-state index in [2.05, 4.69) is 25.9 Å². The fraction of sp³-hybridized carbons (Fsp3) is 0.310. The molecule has 10 heteroatoms. The number of benzene rings is 2. The summed E-state index contributed by atoms with van der Waals surface area (Å²) in [6, 6.07) is 15.0. The number of hydrogen-bond acceptors (Lipinski definition) is 6. The second kappa shape index (κ2) is 14.4. The third-order valence-electron chi connectivity index (χ3n) is 5.94. The van der Waals surface area contributed by atoms with Gasteiger partial charge >= 0.3 is 5.97 Å². The summed E-state index contributed by atoms with van der Waals surface area (Å²) in [5, 5.41) is 17.6. The van der Waals surface area contributed by atoms with Crippen LogP contribution in [0.15, 0.2) is 79.3 Å². The highest BCUT2D eigenvalue weighted by molar-refractivity contribution is 5.97. The van der Waals surface area contributed by atoms with Crippen LogP contribution in [0.25, 0.3) is 0 Å². The Balaban J connectivity index is 1.84. The lowest BCUT2D eigenvalue weighted by atomic mass is 10.0. The first-order chi connectivity index (χ1) is 18.7. The summed E-state index contributed by atoms with van der Waals surface area (Å²) in [4.78, 5) is 59.4. The maximum Gasteiger partial charge on any atom is 0.326 e. The minimum atomic E-state index is -1.15. The number of carbonyl (C=O) groups is 4. The molecule has 4 N–H and O–H groups in total. The van der Waals surface area contributed by atoms with E-state index in [1.807, 2.05) is 74.5 Å². The van der Waals surface area contributed by atoms with Gasteiger partial charge in [0.2, 0.25) is 11.8 Å². The zero-order chi connectivity index (χ0) is 28.2. The molecule has 1 heterocycles. The van der Waals surface area contributed by atoms with E-state index in [1.165, 1.54) is 18.6 Å². The molecule has 0 saturated heterocycles. The van der Waals surface area contributed by atoms with Crippen molar-refractivity contribution < 1.29 is 24.3 Å². The van der Waals surface area contributed by atoms with E-state index in [-0.39, 0.29) is 30.9 Å². The quantitative estimate of drug-likeness (QED) is 0.264. The summed E-state index contributed by atoms with van der Waals surface area (Å²) in [7, 11) is 0. The van der Waals surface area contributed by atoms with Crippen molar-refractivity contribution in [3.05, 3.63) is 96.1 Å². The topological polar surface area (TPSA) is 150 Å². The van der Waals surface area contributed by atoms with Crippen LogP contribution >= 0.6 is 0 Å². The number of carbonyl (C=O) groups excluding carboxylic acids is 3. The Labute approximate surface area is 227 Å². The van der Waals surface area contributed by atoms with Gasteiger partial charge in [-0.15, -0.1) is 0 Å². The minimum Gasteiger partial charge on any atom is -0.480 e. The first-order valence-electron chi connectivity index (χ1n) is 12.7.